The quantitative estimate of drug-likeness (QED) is 0.769. The molecule has 1 rings (SSSR count). The molecule has 4 heteroatoms. The lowest BCUT2D eigenvalue weighted by Crippen LogP contribution is -2.36. The van der Waals surface area contributed by atoms with E-state index >= 15 is 0 Å². The number of carbonyl (C=O) groups is 1. The Labute approximate surface area is 101 Å². The lowest BCUT2D eigenvalue weighted by atomic mass is 10.2. The van der Waals surface area contributed by atoms with Crippen LogP contribution >= 0.6 is 11.3 Å². The molecule has 1 atom stereocenters. The SMILES string of the molecule is C=CCNC(=O)CN(C)C(C)c1cccs1. The fourth-order valence-corrected chi connectivity index (χ4v) is 2.20. The Balaban J connectivity index is 2.42. The highest BCUT2D eigenvalue weighted by atomic mass is 32.1. The second-order valence-electron chi connectivity index (χ2n) is 3.70. The molecular weight excluding hydrogens is 220 g/mol. The minimum Gasteiger partial charge on any atom is -0.352 e. The van der Waals surface area contributed by atoms with Gasteiger partial charge in [-0.05, 0) is 25.4 Å². The van der Waals surface area contributed by atoms with E-state index in [2.05, 4.69) is 30.3 Å². The first kappa shape index (κ1) is 12.9. The Kier molecular flexibility index (Phi) is 5.22. The van der Waals surface area contributed by atoms with Crippen LogP contribution in [0.15, 0.2) is 30.2 Å². The third-order valence-electron chi connectivity index (χ3n) is 2.45. The number of nitrogens with zero attached hydrogens (tertiary/aromatic N) is 1. The molecule has 1 N–H and O–H groups in total. The van der Waals surface area contributed by atoms with Gasteiger partial charge in [-0.25, -0.2) is 0 Å². The summed E-state index contributed by atoms with van der Waals surface area (Å²) in [6, 6.07) is 4.39. The number of likely N-dealkylation sites (N-methyl/N-ethyl adjacent to an activating group) is 1. The Hall–Kier alpha value is -1.13. The van der Waals surface area contributed by atoms with Crippen LogP contribution in [-0.4, -0.2) is 30.9 Å². The number of carbonyl (C=O) groups excluding carboxylic acids is 1. The van der Waals surface area contributed by atoms with Crippen LogP contribution in [0.1, 0.15) is 17.8 Å². The summed E-state index contributed by atoms with van der Waals surface area (Å²) in [5, 5.41) is 4.82. The van der Waals surface area contributed by atoms with Gasteiger partial charge in [0.2, 0.25) is 5.91 Å². The normalized spacial score (nSPS) is 12.4. The molecule has 1 aromatic rings. The molecule has 88 valence electrons. The van der Waals surface area contributed by atoms with Crippen molar-refractivity contribution in [1.29, 1.82) is 0 Å². The number of rotatable bonds is 6. The molecule has 0 bridgehead atoms. The van der Waals surface area contributed by atoms with Crippen LogP contribution in [0, 0.1) is 0 Å². The fraction of sp³-hybridized carbons (Fsp3) is 0.417. The van der Waals surface area contributed by atoms with Gasteiger partial charge in [0.05, 0.1) is 6.54 Å². The van der Waals surface area contributed by atoms with E-state index in [1.807, 2.05) is 18.0 Å². The van der Waals surface area contributed by atoms with Gasteiger partial charge in [0.25, 0.3) is 0 Å². The lowest BCUT2D eigenvalue weighted by Gasteiger charge is -2.22. The van der Waals surface area contributed by atoms with E-state index in [4.69, 9.17) is 0 Å². The molecular formula is C12H18N2OS. The van der Waals surface area contributed by atoms with E-state index in [1.165, 1.54) is 4.88 Å². The van der Waals surface area contributed by atoms with Gasteiger partial charge >= 0.3 is 0 Å². The third-order valence-corrected chi connectivity index (χ3v) is 3.50. The maximum Gasteiger partial charge on any atom is 0.234 e. The second kappa shape index (κ2) is 6.45. The molecule has 0 radical (unpaired) electrons. The number of thiophene rings is 1. The van der Waals surface area contributed by atoms with Gasteiger partial charge in [0.1, 0.15) is 0 Å². The van der Waals surface area contributed by atoms with Crippen molar-refractivity contribution in [3.8, 4) is 0 Å². The van der Waals surface area contributed by atoms with Crippen molar-refractivity contribution in [2.75, 3.05) is 20.1 Å². The summed E-state index contributed by atoms with van der Waals surface area (Å²) in [5.41, 5.74) is 0. The summed E-state index contributed by atoms with van der Waals surface area (Å²) in [6.07, 6.45) is 1.68. The zero-order chi connectivity index (χ0) is 12.0. The zero-order valence-corrected chi connectivity index (χ0v) is 10.6. The molecule has 1 heterocycles. The standard InChI is InChI=1S/C12H18N2OS/c1-4-7-13-12(15)9-14(3)10(2)11-6-5-8-16-11/h4-6,8,10H,1,7,9H2,2-3H3,(H,13,15). The average Bonchev–Trinajstić information content (AvgIpc) is 2.78. The summed E-state index contributed by atoms with van der Waals surface area (Å²) < 4.78 is 0. The first-order chi connectivity index (χ1) is 7.65. The third kappa shape index (κ3) is 3.79. The Bertz CT molecular complexity index is 335. The zero-order valence-electron chi connectivity index (χ0n) is 9.77. The van der Waals surface area contributed by atoms with Gasteiger partial charge in [0.15, 0.2) is 0 Å². The van der Waals surface area contributed by atoms with E-state index < -0.39 is 0 Å². The molecule has 0 saturated carbocycles. The topological polar surface area (TPSA) is 32.3 Å². The largest absolute Gasteiger partial charge is 0.352 e. The van der Waals surface area contributed by atoms with Gasteiger partial charge < -0.3 is 5.32 Å². The monoisotopic (exact) mass is 238 g/mol. The molecule has 0 spiro atoms. The van der Waals surface area contributed by atoms with E-state index in [0.717, 1.165) is 0 Å². The summed E-state index contributed by atoms with van der Waals surface area (Å²) in [4.78, 5) is 14.8. The second-order valence-corrected chi connectivity index (χ2v) is 4.68. The van der Waals surface area contributed by atoms with E-state index in [1.54, 1.807) is 17.4 Å². The van der Waals surface area contributed by atoms with Crippen LogP contribution in [0.2, 0.25) is 0 Å². The molecule has 0 aliphatic heterocycles. The van der Waals surface area contributed by atoms with E-state index in [0.29, 0.717) is 13.1 Å². The van der Waals surface area contributed by atoms with Crippen molar-refractivity contribution in [2.24, 2.45) is 0 Å². The predicted molar refractivity (Wildman–Crippen MR) is 68.6 cm³/mol. The van der Waals surface area contributed by atoms with Gasteiger partial charge in [-0.15, -0.1) is 17.9 Å². The van der Waals surface area contributed by atoms with Crippen LogP contribution in [0.4, 0.5) is 0 Å². The van der Waals surface area contributed by atoms with Crippen LogP contribution in [-0.2, 0) is 4.79 Å². The number of hydrogen-bond donors (Lipinski definition) is 1. The average molecular weight is 238 g/mol. The lowest BCUT2D eigenvalue weighted by molar-refractivity contribution is -0.122. The van der Waals surface area contributed by atoms with Crippen LogP contribution in [0.3, 0.4) is 0 Å². The molecule has 1 aromatic heterocycles. The van der Waals surface area contributed by atoms with Crippen molar-refractivity contribution in [2.45, 2.75) is 13.0 Å². The Morgan fingerprint density at radius 1 is 1.75 bits per heavy atom. The summed E-state index contributed by atoms with van der Waals surface area (Å²) in [6.45, 7) is 6.60. The molecule has 3 nitrogen and oxygen atoms in total. The van der Waals surface area contributed by atoms with E-state index in [-0.39, 0.29) is 11.9 Å². The first-order valence-corrected chi connectivity index (χ1v) is 6.14. The Morgan fingerprint density at radius 3 is 3.06 bits per heavy atom. The van der Waals surface area contributed by atoms with Crippen molar-refractivity contribution in [3.63, 3.8) is 0 Å². The molecule has 1 unspecified atom stereocenters. The smallest absolute Gasteiger partial charge is 0.234 e. The number of hydrogen-bond acceptors (Lipinski definition) is 3. The van der Waals surface area contributed by atoms with Crippen LogP contribution in [0.25, 0.3) is 0 Å². The van der Waals surface area contributed by atoms with Gasteiger partial charge in [-0.3, -0.25) is 9.69 Å². The van der Waals surface area contributed by atoms with Gasteiger partial charge in [0, 0.05) is 17.5 Å². The van der Waals surface area contributed by atoms with Crippen molar-refractivity contribution < 1.29 is 4.79 Å². The van der Waals surface area contributed by atoms with Crippen molar-refractivity contribution >= 4 is 17.2 Å². The molecule has 0 fully saturated rings. The van der Waals surface area contributed by atoms with Crippen LogP contribution in [0.5, 0.6) is 0 Å². The molecule has 0 aliphatic rings. The maximum absolute atomic E-state index is 11.5. The summed E-state index contributed by atoms with van der Waals surface area (Å²) >= 11 is 1.71. The number of nitrogens with one attached hydrogen (secondary N) is 1. The van der Waals surface area contributed by atoms with Crippen molar-refractivity contribution in [1.82, 2.24) is 10.2 Å². The highest BCUT2D eigenvalue weighted by Crippen LogP contribution is 2.22. The van der Waals surface area contributed by atoms with E-state index in [9.17, 15) is 4.79 Å². The first-order valence-electron chi connectivity index (χ1n) is 5.26. The predicted octanol–water partition coefficient (Wildman–Crippen LogP) is 2.04. The van der Waals surface area contributed by atoms with Crippen molar-refractivity contribution in [3.05, 3.63) is 35.0 Å². The van der Waals surface area contributed by atoms with Gasteiger partial charge in [-0.2, -0.15) is 0 Å². The minimum absolute atomic E-state index is 0.0332. The molecule has 16 heavy (non-hydrogen) atoms. The van der Waals surface area contributed by atoms with Crippen LogP contribution < -0.4 is 5.32 Å². The minimum atomic E-state index is 0.0332. The number of amides is 1. The van der Waals surface area contributed by atoms with Gasteiger partial charge in [-0.1, -0.05) is 12.1 Å². The maximum atomic E-state index is 11.5. The summed E-state index contributed by atoms with van der Waals surface area (Å²) in [7, 11) is 1.96. The molecule has 0 saturated heterocycles. The highest BCUT2D eigenvalue weighted by molar-refractivity contribution is 7.10. The summed E-state index contributed by atoms with van der Waals surface area (Å²) in [5.74, 6) is 0.0332. The fourth-order valence-electron chi connectivity index (χ4n) is 1.35. The molecule has 1 amide bonds. The Morgan fingerprint density at radius 2 is 2.50 bits per heavy atom. The highest BCUT2D eigenvalue weighted by Gasteiger charge is 2.14. The molecule has 0 aromatic carbocycles. The molecule has 0 aliphatic carbocycles.